The van der Waals surface area contributed by atoms with Crippen LogP contribution in [0.5, 0.6) is 5.75 Å². The molecule has 8 nitrogen and oxygen atoms in total. The number of rotatable bonds is 8. The van der Waals surface area contributed by atoms with E-state index in [1.807, 2.05) is 12.1 Å². The third-order valence-electron chi connectivity index (χ3n) is 6.84. The van der Waals surface area contributed by atoms with Gasteiger partial charge in [0, 0.05) is 23.2 Å². The minimum Gasteiger partial charge on any atom is -0.488 e. The van der Waals surface area contributed by atoms with E-state index >= 15 is 0 Å². The fourth-order valence-corrected chi connectivity index (χ4v) is 6.22. The Morgan fingerprint density at radius 1 is 0.976 bits per heavy atom. The van der Waals surface area contributed by atoms with Crippen LogP contribution in [0.25, 0.3) is 22.2 Å². The first-order valence-electron chi connectivity index (χ1n) is 13.0. The summed E-state index contributed by atoms with van der Waals surface area (Å²) < 4.78 is 77.0. The Bertz CT molecular complexity index is 1840. The van der Waals surface area contributed by atoms with Gasteiger partial charge in [0.25, 0.3) is 0 Å². The summed E-state index contributed by atoms with van der Waals surface area (Å²) in [7, 11) is -3.05. The minimum absolute atomic E-state index is 0.00155. The van der Waals surface area contributed by atoms with Crippen molar-refractivity contribution in [2.75, 3.05) is 23.5 Å². The van der Waals surface area contributed by atoms with Gasteiger partial charge in [0.2, 0.25) is 0 Å². The van der Waals surface area contributed by atoms with E-state index in [0.717, 1.165) is 11.6 Å². The number of sulfone groups is 1. The van der Waals surface area contributed by atoms with Crippen molar-refractivity contribution in [3.63, 3.8) is 0 Å². The Labute approximate surface area is 239 Å². The molecule has 0 unspecified atom stereocenters. The second-order valence-corrected chi connectivity index (χ2v) is 12.1. The van der Waals surface area contributed by atoms with E-state index in [1.54, 1.807) is 53.4 Å². The lowest BCUT2D eigenvalue weighted by molar-refractivity contribution is -0.139. The molecule has 1 N–H and O–H groups in total. The molecule has 6 rings (SSSR count). The van der Waals surface area contributed by atoms with Crippen LogP contribution in [-0.4, -0.2) is 41.5 Å². The number of halogens is 3. The van der Waals surface area contributed by atoms with Gasteiger partial charge in [-0.1, -0.05) is 30.3 Å². The Hall–Kier alpha value is -4.42. The van der Waals surface area contributed by atoms with Crippen molar-refractivity contribution in [1.82, 2.24) is 14.9 Å². The predicted molar refractivity (Wildman–Crippen MR) is 152 cm³/mol. The Morgan fingerprint density at radius 3 is 2.57 bits per heavy atom. The normalized spacial score (nSPS) is 15.2. The van der Waals surface area contributed by atoms with Crippen LogP contribution in [0.3, 0.4) is 0 Å². The van der Waals surface area contributed by atoms with Gasteiger partial charge in [0.1, 0.15) is 41.9 Å². The lowest BCUT2D eigenvalue weighted by Gasteiger charge is -2.16. The third kappa shape index (κ3) is 6.24. The Kier molecular flexibility index (Phi) is 7.33. The standard InChI is InChI=1S/C30H25F3N4O4S/c31-30(32,33)25-15-22(7-10-28(25)40-17-20-4-2-1-3-5-20)36-29-24-14-21(6-9-26(24)34-18-35-29)27-11-8-23(41-27)16-37-12-13-42(38,39)19-37/h1-11,14-15,18H,12-13,16-17,19H2,(H,34,35,36). The quantitative estimate of drug-likeness (QED) is 0.220. The highest BCUT2D eigenvalue weighted by molar-refractivity contribution is 7.91. The zero-order valence-corrected chi connectivity index (χ0v) is 23.0. The molecule has 216 valence electrons. The number of hydrogen-bond donors (Lipinski definition) is 1. The van der Waals surface area contributed by atoms with Crippen molar-refractivity contribution >= 4 is 32.2 Å². The highest BCUT2D eigenvalue weighted by Gasteiger charge is 2.35. The molecule has 0 saturated carbocycles. The van der Waals surface area contributed by atoms with Gasteiger partial charge in [-0.05, 0) is 54.1 Å². The molecule has 1 saturated heterocycles. The van der Waals surface area contributed by atoms with Crippen molar-refractivity contribution < 1.29 is 30.7 Å². The number of fused-ring (bicyclic) bond motifs is 1. The van der Waals surface area contributed by atoms with Crippen LogP contribution in [0, 0.1) is 0 Å². The first-order valence-corrected chi connectivity index (χ1v) is 14.9. The number of alkyl halides is 3. The molecule has 1 aliphatic rings. The Morgan fingerprint density at radius 2 is 1.81 bits per heavy atom. The van der Waals surface area contributed by atoms with Gasteiger partial charge < -0.3 is 14.5 Å². The molecule has 1 fully saturated rings. The number of ether oxygens (including phenoxy) is 1. The first kappa shape index (κ1) is 27.7. The largest absolute Gasteiger partial charge is 0.488 e. The Balaban J connectivity index is 1.25. The molecule has 1 aliphatic heterocycles. The van der Waals surface area contributed by atoms with Crippen molar-refractivity contribution in [3.8, 4) is 17.1 Å². The maximum absolute atomic E-state index is 14.0. The average molecular weight is 595 g/mol. The fourth-order valence-electron chi connectivity index (χ4n) is 4.78. The lowest BCUT2D eigenvalue weighted by Crippen LogP contribution is -2.19. The maximum Gasteiger partial charge on any atom is 0.420 e. The van der Waals surface area contributed by atoms with E-state index in [9.17, 15) is 21.6 Å². The summed E-state index contributed by atoms with van der Waals surface area (Å²) in [5, 5.41) is 3.58. The molecule has 3 aromatic carbocycles. The third-order valence-corrected chi connectivity index (χ3v) is 8.41. The molecule has 5 aromatic rings. The number of anilines is 2. The minimum atomic E-state index is -4.64. The molecule has 0 aliphatic carbocycles. The van der Waals surface area contributed by atoms with Crippen LogP contribution in [0.15, 0.2) is 89.6 Å². The molecule has 3 heterocycles. The highest BCUT2D eigenvalue weighted by atomic mass is 32.2. The summed E-state index contributed by atoms with van der Waals surface area (Å²) in [5.41, 5.74) is 1.33. The molecule has 0 atom stereocenters. The second-order valence-electron chi connectivity index (χ2n) is 9.96. The van der Waals surface area contributed by atoms with Crippen molar-refractivity contribution in [3.05, 3.63) is 102 Å². The highest BCUT2D eigenvalue weighted by Crippen LogP contribution is 2.39. The van der Waals surface area contributed by atoms with Gasteiger partial charge in [0.05, 0.1) is 23.4 Å². The van der Waals surface area contributed by atoms with Crippen LogP contribution in [0.4, 0.5) is 24.7 Å². The van der Waals surface area contributed by atoms with E-state index in [1.165, 1.54) is 18.5 Å². The van der Waals surface area contributed by atoms with Crippen LogP contribution in [-0.2, 0) is 29.2 Å². The van der Waals surface area contributed by atoms with Gasteiger partial charge in [-0.3, -0.25) is 4.90 Å². The molecule has 42 heavy (non-hydrogen) atoms. The number of nitrogens with one attached hydrogen (secondary N) is 1. The van der Waals surface area contributed by atoms with Crippen LogP contribution < -0.4 is 10.1 Å². The van der Waals surface area contributed by atoms with E-state index in [-0.39, 0.29) is 29.7 Å². The summed E-state index contributed by atoms with van der Waals surface area (Å²) >= 11 is 0. The van der Waals surface area contributed by atoms with Crippen molar-refractivity contribution in [2.24, 2.45) is 0 Å². The number of furan rings is 1. The maximum atomic E-state index is 14.0. The van der Waals surface area contributed by atoms with E-state index in [0.29, 0.717) is 46.9 Å². The number of hydrogen-bond acceptors (Lipinski definition) is 8. The van der Waals surface area contributed by atoms with Gasteiger partial charge >= 0.3 is 6.18 Å². The second kappa shape index (κ2) is 11.1. The molecule has 12 heteroatoms. The molecule has 0 amide bonds. The molecular formula is C30H25F3N4O4S. The van der Waals surface area contributed by atoms with Gasteiger partial charge in [-0.25, -0.2) is 18.4 Å². The average Bonchev–Trinajstić information content (AvgIpc) is 3.58. The van der Waals surface area contributed by atoms with Crippen molar-refractivity contribution in [1.29, 1.82) is 0 Å². The summed E-state index contributed by atoms with van der Waals surface area (Å²) in [5.74, 6) is 1.37. The topological polar surface area (TPSA) is 97.6 Å². The zero-order chi connectivity index (χ0) is 29.3. The van der Waals surface area contributed by atoms with Crippen molar-refractivity contribution in [2.45, 2.75) is 19.3 Å². The molecule has 2 aromatic heterocycles. The molecule has 0 spiro atoms. The van der Waals surface area contributed by atoms with E-state index in [4.69, 9.17) is 9.15 Å². The molecule has 0 radical (unpaired) electrons. The van der Waals surface area contributed by atoms with Gasteiger partial charge in [0.15, 0.2) is 9.84 Å². The zero-order valence-electron chi connectivity index (χ0n) is 22.1. The SMILES string of the molecule is O=S1(=O)CCN(Cc2ccc(-c3ccc4ncnc(Nc5ccc(OCc6ccccc6)c(C(F)(F)F)c5)c4c3)o2)C1. The summed E-state index contributed by atoms with van der Waals surface area (Å²) in [6.07, 6.45) is -3.30. The summed E-state index contributed by atoms with van der Waals surface area (Å²) in [6.45, 7) is 0.827. The molecule has 0 bridgehead atoms. The van der Waals surface area contributed by atoms with E-state index in [2.05, 4.69) is 15.3 Å². The summed E-state index contributed by atoms with van der Waals surface area (Å²) in [6, 6.07) is 21.7. The number of benzene rings is 3. The van der Waals surface area contributed by atoms with Crippen LogP contribution in [0.2, 0.25) is 0 Å². The van der Waals surface area contributed by atoms with Crippen LogP contribution in [0.1, 0.15) is 16.9 Å². The van der Waals surface area contributed by atoms with Gasteiger partial charge in [-0.2, -0.15) is 13.2 Å². The molecular weight excluding hydrogens is 569 g/mol. The first-order chi connectivity index (χ1) is 20.1. The van der Waals surface area contributed by atoms with Crippen LogP contribution >= 0.6 is 0 Å². The van der Waals surface area contributed by atoms with E-state index < -0.39 is 21.6 Å². The van der Waals surface area contributed by atoms with Gasteiger partial charge in [-0.15, -0.1) is 0 Å². The lowest BCUT2D eigenvalue weighted by atomic mass is 10.1. The summed E-state index contributed by atoms with van der Waals surface area (Å²) in [4.78, 5) is 10.4. The smallest absolute Gasteiger partial charge is 0.420 e. The fraction of sp³-hybridized carbons (Fsp3) is 0.200. The number of nitrogens with zero attached hydrogens (tertiary/aromatic N) is 3. The monoisotopic (exact) mass is 594 g/mol. The number of aromatic nitrogens is 2. The predicted octanol–water partition coefficient (Wildman–Crippen LogP) is 6.42.